The van der Waals surface area contributed by atoms with Crippen LogP contribution < -0.4 is 0 Å². The number of unbranched alkanes of at least 4 members (excludes halogenated alkanes) is 6. The Morgan fingerprint density at radius 3 is 0.633 bits per heavy atom. The molecule has 0 fully saturated rings. The molecule has 0 radical (unpaired) electrons. The molecule has 0 aliphatic carbocycles. The lowest BCUT2D eigenvalue weighted by molar-refractivity contribution is -0.0292. The van der Waals surface area contributed by atoms with Crippen molar-refractivity contribution in [3.8, 4) is 0 Å². The van der Waals surface area contributed by atoms with Gasteiger partial charge in [0, 0.05) is 6.61 Å². The minimum Gasteiger partial charge on any atom is -0.394 e. The molecule has 0 aliphatic rings. The molecule has 0 amide bonds. The van der Waals surface area contributed by atoms with Crippen LogP contribution in [0.1, 0.15) is 51.9 Å². The second-order valence-electron chi connectivity index (χ2n) is 10.8. The Morgan fingerprint density at radius 2 is 0.408 bits per heavy atom. The Labute approximate surface area is 296 Å². The van der Waals surface area contributed by atoms with Gasteiger partial charge in [-0.25, -0.2) is 0 Å². The van der Waals surface area contributed by atoms with Crippen LogP contribution in [-0.4, -0.2) is 183 Å². The number of aliphatic hydroxyl groups excluding tert-OH is 1. The molecule has 0 aromatic heterocycles. The predicted octanol–water partition coefficient (Wildman–Crippen LogP) is 2.95. The second kappa shape index (κ2) is 47.4. The zero-order valence-electron chi connectivity index (χ0n) is 30.8. The van der Waals surface area contributed by atoms with Gasteiger partial charge in [0.25, 0.3) is 0 Å². The molecular weight excluding hydrogens is 644 g/mol. The van der Waals surface area contributed by atoms with Crippen LogP contribution in [0.3, 0.4) is 0 Å². The molecule has 0 saturated carbocycles. The van der Waals surface area contributed by atoms with Gasteiger partial charge in [0.2, 0.25) is 0 Å². The maximum atomic E-state index is 8.58. The van der Waals surface area contributed by atoms with Crippen LogP contribution in [0.5, 0.6) is 0 Å². The van der Waals surface area contributed by atoms with E-state index in [0.29, 0.717) is 165 Å². The van der Waals surface area contributed by atoms with E-state index in [-0.39, 0.29) is 6.61 Å². The van der Waals surface area contributed by atoms with E-state index in [1.165, 1.54) is 38.5 Å². The lowest BCUT2D eigenvalue weighted by Gasteiger charge is -2.09. The van der Waals surface area contributed by atoms with Crippen LogP contribution in [0, 0.1) is 0 Å². The Hall–Kier alpha value is -0.560. The average Bonchev–Trinajstić information content (AvgIpc) is 3.11. The van der Waals surface area contributed by atoms with Crippen molar-refractivity contribution in [3.05, 3.63) is 0 Å². The van der Waals surface area contributed by atoms with Gasteiger partial charge in [0.1, 0.15) is 0 Å². The van der Waals surface area contributed by atoms with E-state index in [1.54, 1.807) is 0 Å². The number of hydrogen-bond acceptors (Lipinski definition) is 14. The third kappa shape index (κ3) is 47.4. The maximum Gasteiger partial charge on any atom is 0.0701 e. The number of hydrogen-bond donors (Lipinski definition) is 1. The molecule has 0 spiro atoms. The van der Waals surface area contributed by atoms with Crippen LogP contribution in [0.2, 0.25) is 0 Å². The highest BCUT2D eigenvalue weighted by atomic mass is 16.6. The molecule has 49 heavy (non-hydrogen) atoms. The second-order valence-corrected chi connectivity index (χ2v) is 10.8. The first-order chi connectivity index (χ1) is 24.4. The SMILES string of the molecule is CCCCCCCCCOCCOCCOCCOCCOCCOCCOCCOCCOCCOCCOCCOCCOCCO. The molecule has 296 valence electrons. The van der Waals surface area contributed by atoms with Crippen molar-refractivity contribution in [2.24, 2.45) is 0 Å². The first kappa shape index (κ1) is 48.4. The fraction of sp³-hybridized carbons (Fsp3) is 1.00. The fourth-order valence-electron chi connectivity index (χ4n) is 3.97. The van der Waals surface area contributed by atoms with Gasteiger partial charge < -0.3 is 66.7 Å². The normalized spacial score (nSPS) is 11.6. The van der Waals surface area contributed by atoms with Crippen molar-refractivity contribution in [2.75, 3.05) is 178 Å². The largest absolute Gasteiger partial charge is 0.394 e. The Morgan fingerprint density at radius 1 is 0.224 bits per heavy atom. The molecule has 0 aromatic rings. The van der Waals surface area contributed by atoms with Gasteiger partial charge >= 0.3 is 0 Å². The summed E-state index contributed by atoms with van der Waals surface area (Å²) in [6.07, 6.45) is 9.09. The number of rotatable bonds is 46. The lowest BCUT2D eigenvalue weighted by atomic mass is 10.1. The van der Waals surface area contributed by atoms with Gasteiger partial charge in [-0.05, 0) is 6.42 Å². The summed E-state index contributed by atoms with van der Waals surface area (Å²) in [4.78, 5) is 0. The molecule has 0 bridgehead atoms. The minimum absolute atomic E-state index is 0.0257. The zero-order chi connectivity index (χ0) is 35.2. The molecule has 0 heterocycles. The third-order valence-electron chi connectivity index (χ3n) is 6.59. The molecule has 0 aromatic carbocycles. The summed E-state index contributed by atoms with van der Waals surface area (Å²) in [5, 5.41) is 8.58. The molecule has 0 rings (SSSR count). The third-order valence-corrected chi connectivity index (χ3v) is 6.59. The smallest absolute Gasteiger partial charge is 0.0701 e. The Bertz CT molecular complexity index is 518. The van der Waals surface area contributed by atoms with Crippen LogP contribution in [0.25, 0.3) is 0 Å². The predicted molar refractivity (Wildman–Crippen MR) is 186 cm³/mol. The first-order valence-electron chi connectivity index (χ1n) is 18.5. The van der Waals surface area contributed by atoms with Crippen molar-refractivity contribution in [1.82, 2.24) is 0 Å². The van der Waals surface area contributed by atoms with Crippen LogP contribution in [0.15, 0.2) is 0 Å². The molecular formula is C35H72O14. The van der Waals surface area contributed by atoms with E-state index in [9.17, 15) is 0 Å². The Balaban J connectivity index is 3.04. The van der Waals surface area contributed by atoms with Gasteiger partial charge in [-0.3, -0.25) is 0 Å². The van der Waals surface area contributed by atoms with Crippen LogP contribution >= 0.6 is 0 Å². The van der Waals surface area contributed by atoms with Gasteiger partial charge in [-0.2, -0.15) is 0 Å². The van der Waals surface area contributed by atoms with E-state index in [2.05, 4.69) is 6.92 Å². The topological polar surface area (TPSA) is 140 Å². The summed E-state index contributed by atoms with van der Waals surface area (Å²) in [6, 6.07) is 0. The highest BCUT2D eigenvalue weighted by Gasteiger charge is 1.97. The fourth-order valence-corrected chi connectivity index (χ4v) is 3.97. The monoisotopic (exact) mass is 716 g/mol. The highest BCUT2D eigenvalue weighted by Crippen LogP contribution is 2.06. The molecule has 1 N–H and O–H groups in total. The van der Waals surface area contributed by atoms with Crippen molar-refractivity contribution >= 4 is 0 Å². The van der Waals surface area contributed by atoms with Gasteiger partial charge in [-0.15, -0.1) is 0 Å². The van der Waals surface area contributed by atoms with Crippen molar-refractivity contribution in [3.63, 3.8) is 0 Å². The molecule has 0 atom stereocenters. The Kier molecular flexibility index (Phi) is 46.9. The summed E-state index contributed by atoms with van der Waals surface area (Å²) in [5.74, 6) is 0. The number of ether oxygens (including phenoxy) is 13. The molecule has 0 saturated heterocycles. The summed E-state index contributed by atoms with van der Waals surface area (Å²) < 4.78 is 70.8. The minimum atomic E-state index is 0.0257. The van der Waals surface area contributed by atoms with E-state index in [4.69, 9.17) is 66.7 Å². The highest BCUT2D eigenvalue weighted by molar-refractivity contribution is 4.45. The average molecular weight is 717 g/mol. The maximum absolute atomic E-state index is 8.58. The molecule has 14 heteroatoms. The summed E-state index contributed by atoms with van der Waals surface area (Å²) in [6.45, 7) is 16.0. The molecule has 0 aliphatic heterocycles. The quantitative estimate of drug-likeness (QED) is 0.0924. The molecule has 0 unspecified atom stereocenters. The van der Waals surface area contributed by atoms with Gasteiger partial charge in [-0.1, -0.05) is 45.4 Å². The van der Waals surface area contributed by atoms with E-state index < -0.39 is 0 Å². The van der Waals surface area contributed by atoms with E-state index in [0.717, 1.165) is 13.0 Å². The van der Waals surface area contributed by atoms with Gasteiger partial charge in [0.15, 0.2) is 0 Å². The van der Waals surface area contributed by atoms with E-state index in [1.807, 2.05) is 0 Å². The van der Waals surface area contributed by atoms with Crippen molar-refractivity contribution in [1.29, 1.82) is 0 Å². The summed E-state index contributed by atoms with van der Waals surface area (Å²) in [5.41, 5.74) is 0. The summed E-state index contributed by atoms with van der Waals surface area (Å²) in [7, 11) is 0. The lowest BCUT2D eigenvalue weighted by Crippen LogP contribution is -2.15. The standard InChI is InChI=1S/C35H72O14/c1-2-3-4-5-6-7-8-10-37-12-14-39-16-18-41-20-22-43-24-26-45-28-30-47-32-34-49-35-33-48-31-29-46-27-25-44-23-21-42-19-17-40-15-13-38-11-9-36/h36H,2-35H2,1H3. The van der Waals surface area contributed by atoms with E-state index >= 15 is 0 Å². The van der Waals surface area contributed by atoms with Crippen LogP contribution in [0.4, 0.5) is 0 Å². The summed E-state index contributed by atoms with van der Waals surface area (Å²) >= 11 is 0. The van der Waals surface area contributed by atoms with Gasteiger partial charge in [0.05, 0.1) is 172 Å². The van der Waals surface area contributed by atoms with Crippen molar-refractivity contribution in [2.45, 2.75) is 51.9 Å². The van der Waals surface area contributed by atoms with Crippen molar-refractivity contribution < 1.29 is 66.7 Å². The van der Waals surface area contributed by atoms with Crippen LogP contribution in [-0.2, 0) is 61.6 Å². The first-order valence-corrected chi connectivity index (χ1v) is 18.5. The zero-order valence-corrected chi connectivity index (χ0v) is 30.8. The molecule has 14 nitrogen and oxygen atoms in total. The number of aliphatic hydroxyl groups is 1.